The molecular weight excluding hydrogens is 743 g/mol. The van der Waals surface area contributed by atoms with Crippen molar-refractivity contribution in [1.29, 1.82) is 0 Å². The summed E-state index contributed by atoms with van der Waals surface area (Å²) >= 11 is 0. The van der Waals surface area contributed by atoms with Crippen molar-refractivity contribution in [2.45, 2.75) is 38.6 Å². The molecule has 13 nitrogen and oxygen atoms in total. The van der Waals surface area contributed by atoms with Gasteiger partial charge in [0.25, 0.3) is 0 Å². The van der Waals surface area contributed by atoms with Crippen molar-refractivity contribution in [3.05, 3.63) is 138 Å². The first-order valence-corrected chi connectivity index (χ1v) is 20.7. The minimum absolute atomic E-state index is 0.00919. The molecule has 57 heavy (non-hydrogen) atoms. The van der Waals surface area contributed by atoms with Crippen molar-refractivity contribution in [2.24, 2.45) is 7.05 Å². The van der Waals surface area contributed by atoms with Gasteiger partial charge >= 0.3 is 13.6 Å². The maximum Gasteiger partial charge on any atom is 0.373 e. The van der Waals surface area contributed by atoms with Gasteiger partial charge < -0.3 is 29.1 Å². The van der Waals surface area contributed by atoms with E-state index in [1.54, 1.807) is 45.3 Å². The molecule has 7 rings (SSSR count). The lowest BCUT2D eigenvalue weighted by atomic mass is 9.97. The van der Waals surface area contributed by atoms with Crippen molar-refractivity contribution in [2.75, 3.05) is 26.3 Å². The molecular formula is C43H45N6O7P. The SMILES string of the molecule is C=CCN1CC(=O)N2[C@@H](Cc3ccc(OP(C)(=O)O)cc3)C(=O)N(Cc3cccc4c(-c5ccc(C(C)=O)cc5)cn(C)c34)C[C@@H]2N1C(=O)NCc1ccccc1. The molecule has 0 radical (unpaired) electrons. The Balaban J connectivity index is 1.26. The number of aryl methyl sites for hydroxylation is 1. The summed E-state index contributed by atoms with van der Waals surface area (Å²) in [4.78, 5) is 68.0. The second-order valence-electron chi connectivity index (χ2n) is 14.5. The van der Waals surface area contributed by atoms with Gasteiger partial charge in [-0.25, -0.2) is 19.4 Å². The highest BCUT2D eigenvalue weighted by Gasteiger charge is 2.51. The molecule has 3 heterocycles. The number of hydrazine groups is 1. The molecule has 2 N–H and O–H groups in total. The maximum absolute atomic E-state index is 14.8. The van der Waals surface area contributed by atoms with E-state index in [9.17, 15) is 28.6 Å². The average Bonchev–Trinajstić information content (AvgIpc) is 3.53. The summed E-state index contributed by atoms with van der Waals surface area (Å²) in [5.41, 5.74) is 5.95. The second kappa shape index (κ2) is 16.2. The van der Waals surface area contributed by atoms with Gasteiger partial charge in [-0.05, 0) is 41.3 Å². The molecule has 2 saturated heterocycles. The molecule has 1 unspecified atom stereocenters. The van der Waals surface area contributed by atoms with Crippen LogP contribution in [0.15, 0.2) is 116 Å². The van der Waals surface area contributed by atoms with Crippen LogP contribution in [0.3, 0.4) is 0 Å². The number of urea groups is 1. The third-order valence-corrected chi connectivity index (χ3v) is 10.9. The number of aromatic nitrogens is 1. The number of piperazine rings is 1. The fourth-order valence-electron chi connectivity index (χ4n) is 7.80. The smallest absolute Gasteiger partial charge is 0.373 e. The Labute approximate surface area is 331 Å². The van der Waals surface area contributed by atoms with Crippen LogP contribution in [0.5, 0.6) is 5.75 Å². The van der Waals surface area contributed by atoms with Crippen molar-refractivity contribution >= 4 is 42.1 Å². The van der Waals surface area contributed by atoms with E-state index in [4.69, 9.17) is 4.52 Å². The Bertz CT molecular complexity index is 2380. The van der Waals surface area contributed by atoms with Crippen molar-refractivity contribution in [1.82, 2.24) is 29.7 Å². The first-order valence-electron chi connectivity index (χ1n) is 18.6. The zero-order valence-corrected chi connectivity index (χ0v) is 33.0. The molecule has 14 heteroatoms. The predicted molar refractivity (Wildman–Crippen MR) is 217 cm³/mol. The van der Waals surface area contributed by atoms with Crippen LogP contribution in [-0.2, 0) is 40.7 Å². The Kier molecular flexibility index (Phi) is 11.2. The van der Waals surface area contributed by atoms with Gasteiger partial charge in [-0.3, -0.25) is 14.4 Å². The normalized spacial score (nSPS) is 18.3. The summed E-state index contributed by atoms with van der Waals surface area (Å²) in [5, 5.41) is 7.20. The van der Waals surface area contributed by atoms with Gasteiger partial charge in [0.05, 0.1) is 18.6 Å². The first-order chi connectivity index (χ1) is 27.3. The molecule has 2 aliphatic rings. The van der Waals surface area contributed by atoms with Crippen LogP contribution in [0.25, 0.3) is 22.0 Å². The molecule has 3 atom stereocenters. The van der Waals surface area contributed by atoms with Crippen LogP contribution in [0.2, 0.25) is 0 Å². The van der Waals surface area contributed by atoms with Crippen LogP contribution in [0.1, 0.15) is 34.0 Å². The number of Topliss-reactive ketones (excluding diaryl/α,β-unsaturated/α-hetero) is 1. The number of fused-ring (bicyclic) bond motifs is 2. The van der Waals surface area contributed by atoms with Gasteiger partial charge in [-0.1, -0.05) is 91.0 Å². The molecule has 294 valence electrons. The van der Waals surface area contributed by atoms with E-state index in [1.165, 1.54) is 11.8 Å². The minimum atomic E-state index is -3.80. The van der Waals surface area contributed by atoms with E-state index in [0.717, 1.165) is 39.8 Å². The van der Waals surface area contributed by atoms with Gasteiger partial charge in [-0.15, -0.1) is 6.58 Å². The predicted octanol–water partition coefficient (Wildman–Crippen LogP) is 5.98. The summed E-state index contributed by atoms with van der Waals surface area (Å²) in [5.74, 6) is -0.391. The quantitative estimate of drug-likeness (QED) is 0.0894. The maximum atomic E-state index is 14.8. The molecule has 2 aliphatic heterocycles. The van der Waals surface area contributed by atoms with E-state index in [2.05, 4.69) is 11.9 Å². The summed E-state index contributed by atoms with van der Waals surface area (Å²) in [7, 11) is -1.84. The molecule has 4 amide bonds. The Hall–Kier alpha value is -6.01. The number of para-hydroxylation sites is 1. The summed E-state index contributed by atoms with van der Waals surface area (Å²) in [6.45, 7) is 7.09. The number of hydrogen-bond acceptors (Lipinski definition) is 7. The Morgan fingerprint density at radius 1 is 0.965 bits per heavy atom. The summed E-state index contributed by atoms with van der Waals surface area (Å²) in [6, 6.07) is 28.1. The largest absolute Gasteiger partial charge is 0.425 e. The summed E-state index contributed by atoms with van der Waals surface area (Å²) in [6.07, 6.45) is 2.94. The van der Waals surface area contributed by atoms with E-state index in [1.807, 2.05) is 90.6 Å². The van der Waals surface area contributed by atoms with Gasteiger partial charge in [0.1, 0.15) is 18.0 Å². The fourth-order valence-corrected chi connectivity index (χ4v) is 8.32. The lowest BCUT2D eigenvalue weighted by Gasteiger charge is -2.55. The van der Waals surface area contributed by atoms with Crippen LogP contribution in [0.4, 0.5) is 4.79 Å². The number of nitrogens with zero attached hydrogens (tertiary/aromatic N) is 5. The zero-order chi connectivity index (χ0) is 40.4. The number of amides is 4. The topological polar surface area (TPSA) is 145 Å². The highest BCUT2D eigenvalue weighted by atomic mass is 31.2. The number of rotatable bonds is 12. The molecule has 0 bridgehead atoms. The number of carbonyl (C=O) groups excluding carboxylic acids is 4. The van der Waals surface area contributed by atoms with E-state index in [-0.39, 0.29) is 62.5 Å². The third-order valence-electron chi connectivity index (χ3n) is 10.3. The van der Waals surface area contributed by atoms with Crippen LogP contribution >= 0.6 is 7.60 Å². The third kappa shape index (κ3) is 8.41. The molecule has 0 saturated carbocycles. The van der Waals surface area contributed by atoms with E-state index in [0.29, 0.717) is 11.1 Å². The molecule has 4 aromatic carbocycles. The molecule has 5 aromatic rings. The van der Waals surface area contributed by atoms with Crippen molar-refractivity contribution < 1.29 is 33.2 Å². The van der Waals surface area contributed by atoms with Gasteiger partial charge in [0, 0.05) is 62.5 Å². The van der Waals surface area contributed by atoms with Crippen LogP contribution in [0, 0.1) is 0 Å². The van der Waals surface area contributed by atoms with Gasteiger partial charge in [0.2, 0.25) is 11.8 Å². The highest BCUT2D eigenvalue weighted by molar-refractivity contribution is 7.52. The van der Waals surface area contributed by atoms with Crippen molar-refractivity contribution in [3.63, 3.8) is 0 Å². The number of ketones is 1. The van der Waals surface area contributed by atoms with Crippen molar-refractivity contribution in [3.8, 4) is 16.9 Å². The Morgan fingerprint density at radius 2 is 1.68 bits per heavy atom. The average molecular weight is 789 g/mol. The first kappa shape index (κ1) is 39.2. The molecule has 1 aromatic heterocycles. The second-order valence-corrected chi connectivity index (χ2v) is 16.3. The van der Waals surface area contributed by atoms with Crippen LogP contribution in [-0.4, -0.2) is 91.4 Å². The molecule has 2 fully saturated rings. The van der Waals surface area contributed by atoms with Gasteiger partial charge in [0.15, 0.2) is 5.78 Å². The highest BCUT2D eigenvalue weighted by Crippen LogP contribution is 2.39. The lowest BCUT2D eigenvalue weighted by molar-refractivity contribution is -0.189. The van der Waals surface area contributed by atoms with E-state index < -0.39 is 25.8 Å². The monoisotopic (exact) mass is 788 g/mol. The minimum Gasteiger partial charge on any atom is -0.425 e. The zero-order valence-electron chi connectivity index (χ0n) is 32.1. The molecule has 0 aliphatic carbocycles. The standard InChI is InChI=1S/C43H45N6O7P/c1-5-22-47-28-40(51)48-38(23-30-14-20-35(21-15-30)56-57(4,54)55)42(52)46(27-39(48)49(47)43(53)44-24-31-10-7-6-8-11-31)25-34-12-9-13-36-37(26-45(3)41(34)36)33-18-16-32(17-19-33)29(2)50/h5-21,26,38-39H,1,22-25,27-28H2,2-4H3,(H,44,53)(H,54,55)/t38-,39-/m0/s1. The number of hydrogen-bond donors (Lipinski definition) is 2. The summed E-state index contributed by atoms with van der Waals surface area (Å²) < 4.78 is 19.1. The van der Waals surface area contributed by atoms with E-state index >= 15 is 0 Å². The molecule has 0 spiro atoms. The van der Waals surface area contributed by atoms with Crippen LogP contribution < -0.4 is 9.84 Å². The fraction of sp³-hybridized carbons (Fsp3) is 0.256. The lowest BCUT2D eigenvalue weighted by Crippen LogP contribution is -2.76. The number of nitrogens with one attached hydrogen (secondary N) is 1. The number of benzene rings is 4. The number of carbonyl (C=O) groups is 4. The Morgan fingerprint density at radius 3 is 2.35 bits per heavy atom. The van der Waals surface area contributed by atoms with Gasteiger partial charge in [-0.2, -0.15) is 0 Å².